The average molecular weight is 461 g/mol. The topological polar surface area (TPSA) is 70.4 Å². The fourth-order valence-corrected chi connectivity index (χ4v) is 4.76. The lowest BCUT2D eigenvalue weighted by atomic mass is 10.1. The number of halogens is 2. The van der Waals surface area contributed by atoms with Crippen LogP contribution in [0, 0.1) is 18.3 Å². The number of esters is 1. The lowest BCUT2D eigenvalue weighted by Gasteiger charge is -2.18. The fourth-order valence-electron chi connectivity index (χ4n) is 2.99. The van der Waals surface area contributed by atoms with Crippen LogP contribution < -0.4 is 4.90 Å². The Morgan fingerprint density at radius 3 is 2.53 bits per heavy atom. The third-order valence-corrected chi connectivity index (χ3v) is 6.32. The Hall–Kier alpha value is -2.46. The highest BCUT2D eigenvalue weighted by atomic mass is 35.5. The first kappa shape index (κ1) is 22.2. The molecule has 5 nitrogen and oxygen atoms in total. The monoisotopic (exact) mass is 460 g/mol. The summed E-state index contributed by atoms with van der Waals surface area (Å²) < 4.78 is 5.03. The Morgan fingerprint density at radius 1 is 1.23 bits per heavy atom. The number of aryl methyl sites for hydroxylation is 1. The molecule has 3 rings (SSSR count). The fraction of sp³-hybridized carbons (Fsp3) is 0.227. The van der Waals surface area contributed by atoms with Gasteiger partial charge in [0.15, 0.2) is 5.57 Å². The van der Waals surface area contributed by atoms with Gasteiger partial charge in [-0.2, -0.15) is 5.26 Å². The van der Waals surface area contributed by atoms with E-state index in [1.165, 1.54) is 4.90 Å². The highest BCUT2D eigenvalue weighted by Gasteiger charge is 2.41. The zero-order valence-corrected chi connectivity index (χ0v) is 18.6. The van der Waals surface area contributed by atoms with Crippen molar-refractivity contribution in [1.82, 2.24) is 0 Å². The number of rotatable bonds is 5. The van der Waals surface area contributed by atoms with Crippen LogP contribution in [0.4, 0.5) is 5.69 Å². The Balaban J connectivity index is 2.04. The molecule has 0 bridgehead atoms. The predicted octanol–water partition coefficient (Wildman–Crippen LogP) is 5.29. The van der Waals surface area contributed by atoms with E-state index in [1.54, 1.807) is 37.3 Å². The molecule has 0 saturated carbocycles. The summed E-state index contributed by atoms with van der Waals surface area (Å²) in [6, 6.07) is 14.3. The number of hydrogen-bond donors (Lipinski definition) is 0. The van der Waals surface area contributed by atoms with Crippen molar-refractivity contribution in [2.24, 2.45) is 0 Å². The number of thioether (sulfide) groups is 1. The Morgan fingerprint density at radius 2 is 1.93 bits per heavy atom. The molecule has 0 aliphatic carbocycles. The molecule has 0 aromatic heterocycles. The molecule has 154 valence electrons. The van der Waals surface area contributed by atoms with Gasteiger partial charge in [-0.05, 0) is 50.1 Å². The summed E-state index contributed by atoms with van der Waals surface area (Å²) in [5.41, 5.74) is 2.17. The number of anilines is 1. The van der Waals surface area contributed by atoms with Crippen LogP contribution in [0.15, 0.2) is 53.1 Å². The molecule has 8 heteroatoms. The lowest BCUT2D eigenvalue weighted by molar-refractivity contribution is -0.138. The van der Waals surface area contributed by atoms with Crippen LogP contribution >= 0.6 is 35.0 Å². The maximum Gasteiger partial charge on any atom is 0.351 e. The summed E-state index contributed by atoms with van der Waals surface area (Å²) in [4.78, 5) is 27.1. The van der Waals surface area contributed by atoms with Crippen LogP contribution in [0.25, 0.3) is 0 Å². The van der Waals surface area contributed by atoms with Crippen molar-refractivity contribution < 1.29 is 14.3 Å². The smallest absolute Gasteiger partial charge is 0.351 e. The van der Waals surface area contributed by atoms with Crippen LogP contribution in [0.1, 0.15) is 18.1 Å². The van der Waals surface area contributed by atoms with E-state index < -0.39 is 11.2 Å². The zero-order chi connectivity index (χ0) is 21.8. The average Bonchev–Trinajstić information content (AvgIpc) is 3.01. The van der Waals surface area contributed by atoms with Crippen molar-refractivity contribution in [3.63, 3.8) is 0 Å². The normalized spacial score (nSPS) is 17.6. The molecule has 1 fully saturated rings. The molecule has 2 aromatic carbocycles. The summed E-state index contributed by atoms with van der Waals surface area (Å²) in [5, 5.41) is 10.3. The molecule has 1 aliphatic rings. The summed E-state index contributed by atoms with van der Waals surface area (Å²) in [5.74, 6) is -0.987. The van der Waals surface area contributed by atoms with Crippen molar-refractivity contribution in [1.29, 1.82) is 5.26 Å². The first-order valence-corrected chi connectivity index (χ1v) is 10.8. The Labute approximate surface area is 189 Å². The number of amides is 1. The number of nitriles is 1. The number of ether oxygens (including phenoxy) is 1. The number of carbonyl (C=O) groups excluding carboxylic acids is 2. The van der Waals surface area contributed by atoms with Gasteiger partial charge in [0, 0.05) is 15.7 Å². The molecule has 1 aliphatic heterocycles. The predicted molar refractivity (Wildman–Crippen MR) is 119 cm³/mol. The van der Waals surface area contributed by atoms with Crippen LogP contribution in [0.2, 0.25) is 10.0 Å². The van der Waals surface area contributed by atoms with E-state index in [0.717, 1.165) is 22.9 Å². The first-order valence-electron chi connectivity index (χ1n) is 9.18. The minimum absolute atomic E-state index is 0.129. The molecule has 0 radical (unpaired) electrons. The van der Waals surface area contributed by atoms with Gasteiger partial charge in [0.25, 0.3) is 0 Å². The Kier molecular flexibility index (Phi) is 7.09. The zero-order valence-electron chi connectivity index (χ0n) is 16.3. The number of hydrogen-bond acceptors (Lipinski definition) is 5. The second-order valence-corrected chi connectivity index (χ2v) is 8.60. The second-order valence-electron chi connectivity index (χ2n) is 6.57. The molecule has 1 atom stereocenters. The minimum Gasteiger partial charge on any atom is -0.462 e. The van der Waals surface area contributed by atoms with Gasteiger partial charge in [0.05, 0.1) is 11.9 Å². The molecule has 0 N–H and O–H groups in total. The van der Waals surface area contributed by atoms with Gasteiger partial charge >= 0.3 is 5.97 Å². The summed E-state index contributed by atoms with van der Waals surface area (Å²) in [7, 11) is 0. The summed E-state index contributed by atoms with van der Waals surface area (Å²) >= 11 is 13.4. The van der Waals surface area contributed by atoms with Crippen LogP contribution in [-0.4, -0.2) is 23.7 Å². The highest BCUT2D eigenvalue weighted by Crippen LogP contribution is 2.42. The molecule has 2 aromatic rings. The van der Waals surface area contributed by atoms with Crippen molar-refractivity contribution >= 4 is 52.5 Å². The van der Waals surface area contributed by atoms with Gasteiger partial charge in [0.2, 0.25) is 5.91 Å². The molecule has 1 saturated heterocycles. The molecular weight excluding hydrogens is 443 g/mol. The van der Waals surface area contributed by atoms with Gasteiger partial charge in [-0.1, -0.05) is 58.7 Å². The second kappa shape index (κ2) is 9.57. The van der Waals surface area contributed by atoms with E-state index in [-0.39, 0.29) is 23.1 Å². The lowest BCUT2D eigenvalue weighted by Crippen LogP contribution is -2.30. The van der Waals surface area contributed by atoms with Crippen LogP contribution in [-0.2, 0) is 20.7 Å². The largest absolute Gasteiger partial charge is 0.462 e. The van der Waals surface area contributed by atoms with E-state index in [9.17, 15) is 14.9 Å². The molecule has 0 unspecified atom stereocenters. The molecule has 1 amide bonds. The standard InChI is InChI=1S/C22H18Cl2N2O3S/c1-3-29-22(28)17(12-25)21-26(16-8-4-13(2)5-9-16)20(27)19(30-21)10-14-6-7-15(23)11-18(14)24/h4-9,11,19H,3,10H2,1-2H3/b21-17-/t19-/m1/s1. The molecular formula is C22H18Cl2N2O3S. The number of nitrogens with zero attached hydrogens (tertiary/aromatic N) is 2. The van der Waals surface area contributed by atoms with Crippen molar-refractivity contribution in [3.05, 3.63) is 74.2 Å². The molecule has 1 heterocycles. The minimum atomic E-state index is -0.752. The number of benzene rings is 2. The van der Waals surface area contributed by atoms with Gasteiger partial charge < -0.3 is 4.74 Å². The van der Waals surface area contributed by atoms with Gasteiger partial charge in [0.1, 0.15) is 11.1 Å². The number of carbonyl (C=O) groups is 2. The van der Waals surface area contributed by atoms with E-state index in [0.29, 0.717) is 22.2 Å². The summed E-state index contributed by atoms with van der Waals surface area (Å²) in [6.45, 7) is 3.73. The van der Waals surface area contributed by atoms with Crippen LogP contribution in [0.5, 0.6) is 0 Å². The van der Waals surface area contributed by atoms with Gasteiger partial charge in [-0.3, -0.25) is 9.69 Å². The first-order chi connectivity index (χ1) is 14.3. The van der Waals surface area contributed by atoms with Crippen LogP contribution in [0.3, 0.4) is 0 Å². The SMILES string of the molecule is CCOC(=O)/C(C#N)=C1\S[C@H](Cc2ccc(Cl)cc2Cl)C(=O)N1c1ccc(C)cc1. The van der Waals surface area contributed by atoms with Crippen molar-refractivity contribution in [2.45, 2.75) is 25.5 Å². The third kappa shape index (κ3) is 4.65. The molecule has 0 spiro atoms. The van der Waals surface area contributed by atoms with Crippen molar-refractivity contribution in [2.75, 3.05) is 11.5 Å². The highest BCUT2D eigenvalue weighted by molar-refractivity contribution is 8.05. The maximum absolute atomic E-state index is 13.3. The van der Waals surface area contributed by atoms with E-state index in [1.807, 2.05) is 25.1 Å². The summed E-state index contributed by atoms with van der Waals surface area (Å²) in [6.07, 6.45) is 0.326. The Bertz CT molecular complexity index is 1060. The third-order valence-electron chi connectivity index (χ3n) is 4.47. The van der Waals surface area contributed by atoms with E-state index >= 15 is 0 Å². The van der Waals surface area contributed by atoms with Crippen molar-refractivity contribution in [3.8, 4) is 6.07 Å². The molecule has 30 heavy (non-hydrogen) atoms. The van der Waals surface area contributed by atoms with E-state index in [2.05, 4.69) is 0 Å². The quantitative estimate of drug-likeness (QED) is 0.344. The van der Waals surface area contributed by atoms with E-state index in [4.69, 9.17) is 27.9 Å². The van der Waals surface area contributed by atoms with Gasteiger partial charge in [-0.25, -0.2) is 4.79 Å². The maximum atomic E-state index is 13.3. The van der Waals surface area contributed by atoms with Gasteiger partial charge in [-0.15, -0.1) is 0 Å².